The van der Waals surface area contributed by atoms with Gasteiger partial charge >= 0.3 is 0 Å². The number of carbonyl (C=O) groups excluding carboxylic acids is 1. The largest absolute Gasteiger partial charge is 0.496 e. The van der Waals surface area contributed by atoms with Gasteiger partial charge in [-0.25, -0.2) is 9.67 Å². The van der Waals surface area contributed by atoms with Crippen LogP contribution in [0.25, 0.3) is 0 Å². The van der Waals surface area contributed by atoms with Crippen LogP contribution in [-0.4, -0.2) is 39.9 Å². The molecular weight excluding hydrogens is 356 g/mol. The molecule has 2 aliphatic rings. The number of fused-ring (bicyclic) bond motifs is 1. The first kappa shape index (κ1) is 18.9. The molecular formula is C21H28N4O3. The van der Waals surface area contributed by atoms with E-state index >= 15 is 0 Å². The van der Waals surface area contributed by atoms with Crippen molar-refractivity contribution in [1.29, 1.82) is 0 Å². The number of hydrogen-bond donors (Lipinski definition) is 1. The molecule has 0 bridgehead atoms. The number of amides is 1. The maximum Gasteiger partial charge on any atom is 0.217 e. The third-order valence-electron chi connectivity index (χ3n) is 5.94. The number of benzene rings is 1. The highest BCUT2D eigenvalue weighted by atomic mass is 16.5. The molecule has 0 radical (unpaired) electrons. The van der Waals surface area contributed by atoms with Crippen LogP contribution in [-0.2, 0) is 16.1 Å². The van der Waals surface area contributed by atoms with E-state index in [9.17, 15) is 4.79 Å². The van der Waals surface area contributed by atoms with Crippen LogP contribution in [0.5, 0.6) is 5.75 Å². The third kappa shape index (κ3) is 4.04. The van der Waals surface area contributed by atoms with Crippen molar-refractivity contribution < 1.29 is 14.3 Å². The molecule has 1 aromatic heterocycles. The molecule has 1 amide bonds. The summed E-state index contributed by atoms with van der Waals surface area (Å²) in [5, 5.41) is 7.39. The van der Waals surface area contributed by atoms with E-state index in [0.29, 0.717) is 12.5 Å². The molecule has 1 aliphatic carbocycles. The van der Waals surface area contributed by atoms with Gasteiger partial charge in [-0.2, -0.15) is 5.10 Å². The zero-order chi connectivity index (χ0) is 19.5. The molecule has 1 aliphatic heterocycles. The maximum absolute atomic E-state index is 11.8. The van der Waals surface area contributed by atoms with Gasteiger partial charge in [-0.15, -0.1) is 0 Å². The Balaban J connectivity index is 1.59. The lowest BCUT2D eigenvalue weighted by atomic mass is 9.76. The monoisotopic (exact) mass is 384 g/mol. The standard InChI is InChI=1S/C21H28N4O3/c1-14(26)24-18-10-21(28-20-6-4-3-5-17(18)20)15-7-8-19(27-2)16(9-15)11-25-13-22-12-23-25/h7-9,12-13,17-18,20-21H,3-6,10-11H2,1-2H3,(H,24,26)/t17-,18+,20+,21+/m0/s1. The number of hydrogen-bond acceptors (Lipinski definition) is 5. The normalized spacial score (nSPS) is 27.1. The van der Waals surface area contributed by atoms with Gasteiger partial charge in [0, 0.05) is 24.4 Å². The maximum atomic E-state index is 11.8. The number of ether oxygens (including phenoxy) is 2. The second-order valence-electron chi connectivity index (χ2n) is 7.82. The van der Waals surface area contributed by atoms with Crippen LogP contribution in [0.4, 0.5) is 0 Å². The average Bonchev–Trinajstić information content (AvgIpc) is 3.20. The van der Waals surface area contributed by atoms with Gasteiger partial charge in [-0.1, -0.05) is 18.9 Å². The molecule has 7 heteroatoms. The van der Waals surface area contributed by atoms with Crippen LogP contribution in [0.3, 0.4) is 0 Å². The minimum atomic E-state index is -0.0309. The Morgan fingerprint density at radius 2 is 2.21 bits per heavy atom. The number of nitrogens with one attached hydrogen (secondary N) is 1. The predicted molar refractivity (Wildman–Crippen MR) is 104 cm³/mol. The van der Waals surface area contributed by atoms with Gasteiger partial charge in [0.15, 0.2) is 0 Å². The van der Waals surface area contributed by atoms with Crippen molar-refractivity contribution in [2.45, 2.75) is 63.8 Å². The average molecular weight is 384 g/mol. The molecule has 2 heterocycles. The van der Waals surface area contributed by atoms with E-state index in [-0.39, 0.29) is 24.2 Å². The van der Waals surface area contributed by atoms with E-state index in [0.717, 1.165) is 36.1 Å². The van der Waals surface area contributed by atoms with Gasteiger partial charge < -0.3 is 14.8 Å². The summed E-state index contributed by atoms with van der Waals surface area (Å²) in [6, 6.07) is 6.37. The molecule has 1 aromatic carbocycles. The smallest absolute Gasteiger partial charge is 0.217 e. The summed E-state index contributed by atoms with van der Waals surface area (Å²) >= 11 is 0. The highest BCUT2D eigenvalue weighted by Gasteiger charge is 2.40. The summed E-state index contributed by atoms with van der Waals surface area (Å²) < 4.78 is 13.8. The van der Waals surface area contributed by atoms with Gasteiger partial charge in [-0.05, 0) is 37.0 Å². The highest BCUT2D eigenvalue weighted by Crippen LogP contribution is 2.42. The SMILES string of the molecule is COc1ccc([C@H]2C[C@@H](NC(C)=O)[C@@H]3CCCC[C@H]3O2)cc1Cn1cncn1. The number of carbonyl (C=O) groups is 1. The Hall–Kier alpha value is -2.41. The zero-order valence-electron chi connectivity index (χ0n) is 16.5. The van der Waals surface area contributed by atoms with Crippen molar-refractivity contribution in [2.75, 3.05) is 7.11 Å². The van der Waals surface area contributed by atoms with Crippen LogP contribution >= 0.6 is 0 Å². The van der Waals surface area contributed by atoms with Crippen molar-refractivity contribution in [1.82, 2.24) is 20.1 Å². The molecule has 2 fully saturated rings. The predicted octanol–water partition coefficient (Wildman–Crippen LogP) is 2.86. The Morgan fingerprint density at radius 3 is 2.96 bits per heavy atom. The van der Waals surface area contributed by atoms with Gasteiger partial charge in [0.2, 0.25) is 5.91 Å². The minimum Gasteiger partial charge on any atom is -0.496 e. The number of aromatic nitrogens is 3. The van der Waals surface area contributed by atoms with Crippen LogP contribution < -0.4 is 10.1 Å². The van der Waals surface area contributed by atoms with Crippen LogP contribution in [0.1, 0.15) is 56.3 Å². The Bertz CT molecular complexity index is 808. The molecule has 4 rings (SSSR count). The number of rotatable bonds is 5. The molecule has 150 valence electrons. The molecule has 2 aromatic rings. The van der Waals surface area contributed by atoms with Crippen molar-refractivity contribution in [3.63, 3.8) is 0 Å². The van der Waals surface area contributed by atoms with Crippen molar-refractivity contribution in [3.8, 4) is 5.75 Å². The quantitative estimate of drug-likeness (QED) is 0.858. The summed E-state index contributed by atoms with van der Waals surface area (Å²) in [6.45, 7) is 2.19. The van der Waals surface area contributed by atoms with Gasteiger partial charge in [0.25, 0.3) is 0 Å². The Morgan fingerprint density at radius 1 is 1.36 bits per heavy atom. The third-order valence-corrected chi connectivity index (χ3v) is 5.94. The topological polar surface area (TPSA) is 78.3 Å². The fraction of sp³-hybridized carbons (Fsp3) is 0.571. The van der Waals surface area contributed by atoms with E-state index in [1.165, 1.54) is 19.2 Å². The number of methoxy groups -OCH3 is 1. The first-order valence-electron chi connectivity index (χ1n) is 10.1. The van der Waals surface area contributed by atoms with Crippen LogP contribution in [0.2, 0.25) is 0 Å². The number of nitrogens with zero attached hydrogens (tertiary/aromatic N) is 3. The van der Waals surface area contributed by atoms with E-state index in [1.807, 2.05) is 6.07 Å². The van der Waals surface area contributed by atoms with Crippen molar-refractivity contribution >= 4 is 5.91 Å². The summed E-state index contributed by atoms with van der Waals surface area (Å²) in [5.74, 6) is 1.28. The second kappa shape index (κ2) is 8.31. The van der Waals surface area contributed by atoms with E-state index in [1.54, 1.807) is 25.0 Å². The summed E-state index contributed by atoms with van der Waals surface area (Å²) in [6.07, 6.45) is 8.82. The minimum absolute atomic E-state index is 0.0309. The van der Waals surface area contributed by atoms with E-state index in [2.05, 4.69) is 27.5 Å². The van der Waals surface area contributed by atoms with Crippen LogP contribution in [0, 0.1) is 5.92 Å². The molecule has 1 saturated carbocycles. The lowest BCUT2D eigenvalue weighted by molar-refractivity contribution is -0.131. The molecule has 7 nitrogen and oxygen atoms in total. The fourth-order valence-corrected chi connectivity index (χ4v) is 4.68. The summed E-state index contributed by atoms with van der Waals surface area (Å²) in [7, 11) is 1.68. The fourth-order valence-electron chi connectivity index (χ4n) is 4.68. The van der Waals surface area contributed by atoms with E-state index < -0.39 is 0 Å². The molecule has 4 atom stereocenters. The van der Waals surface area contributed by atoms with Crippen molar-refractivity contribution in [3.05, 3.63) is 42.0 Å². The molecule has 1 saturated heterocycles. The van der Waals surface area contributed by atoms with E-state index in [4.69, 9.17) is 9.47 Å². The molecule has 0 spiro atoms. The highest BCUT2D eigenvalue weighted by molar-refractivity contribution is 5.73. The van der Waals surface area contributed by atoms with Gasteiger partial charge in [-0.3, -0.25) is 4.79 Å². The van der Waals surface area contributed by atoms with Gasteiger partial charge in [0.05, 0.1) is 25.9 Å². The zero-order valence-corrected chi connectivity index (χ0v) is 16.5. The van der Waals surface area contributed by atoms with Crippen molar-refractivity contribution in [2.24, 2.45) is 5.92 Å². The van der Waals surface area contributed by atoms with Crippen LogP contribution in [0.15, 0.2) is 30.9 Å². The first-order chi connectivity index (χ1) is 13.6. The Labute approximate surface area is 165 Å². The molecule has 28 heavy (non-hydrogen) atoms. The molecule has 0 unspecified atom stereocenters. The Kier molecular flexibility index (Phi) is 5.62. The molecule has 1 N–H and O–H groups in total. The summed E-state index contributed by atoms with van der Waals surface area (Å²) in [5.41, 5.74) is 2.16. The van der Waals surface area contributed by atoms with Gasteiger partial charge in [0.1, 0.15) is 18.4 Å². The lowest BCUT2D eigenvalue weighted by Gasteiger charge is -2.45. The summed E-state index contributed by atoms with van der Waals surface area (Å²) in [4.78, 5) is 15.8. The lowest BCUT2D eigenvalue weighted by Crippen LogP contribution is -2.50. The first-order valence-corrected chi connectivity index (χ1v) is 10.1. The second-order valence-corrected chi connectivity index (χ2v) is 7.82.